The molecule has 0 saturated heterocycles. The van der Waals surface area contributed by atoms with Crippen LogP contribution in [-0.2, 0) is 6.54 Å². The molecule has 2 aromatic rings. The van der Waals surface area contributed by atoms with Crippen molar-refractivity contribution in [2.75, 3.05) is 11.9 Å². The predicted molar refractivity (Wildman–Crippen MR) is 84.4 cm³/mol. The lowest BCUT2D eigenvalue weighted by Gasteiger charge is -2.25. The first-order chi connectivity index (χ1) is 10.6. The third-order valence-electron chi connectivity index (χ3n) is 3.73. The quantitative estimate of drug-likeness (QED) is 0.831. The Morgan fingerprint density at radius 3 is 3.09 bits per heavy atom. The summed E-state index contributed by atoms with van der Waals surface area (Å²) in [6, 6.07) is 8.95. The number of nitrogens with one attached hydrogen (secondary N) is 2. The summed E-state index contributed by atoms with van der Waals surface area (Å²) in [5.74, 6) is 1.66. The van der Waals surface area contributed by atoms with Gasteiger partial charge in [0.15, 0.2) is 5.78 Å². The topological polar surface area (TPSA) is 63.5 Å². The van der Waals surface area contributed by atoms with E-state index in [0.717, 1.165) is 23.7 Å². The van der Waals surface area contributed by atoms with Crippen LogP contribution in [0.15, 0.2) is 41.0 Å². The van der Waals surface area contributed by atoms with Gasteiger partial charge in [0.25, 0.3) is 0 Å². The van der Waals surface area contributed by atoms with Crippen LogP contribution in [0.1, 0.15) is 30.0 Å². The van der Waals surface area contributed by atoms with Gasteiger partial charge >= 0.3 is 0 Å². The van der Waals surface area contributed by atoms with Crippen LogP contribution in [0, 0.1) is 0 Å². The Morgan fingerprint density at radius 2 is 2.32 bits per heavy atom. The van der Waals surface area contributed by atoms with Gasteiger partial charge in [-0.2, -0.15) is 0 Å². The molecule has 0 saturated carbocycles. The van der Waals surface area contributed by atoms with Gasteiger partial charge in [-0.05, 0) is 44.2 Å². The third-order valence-corrected chi connectivity index (χ3v) is 3.73. The fraction of sp³-hybridized carbons (Fsp3) is 0.353. The van der Waals surface area contributed by atoms with E-state index in [1.165, 1.54) is 0 Å². The Balaban J connectivity index is 1.66. The number of rotatable bonds is 5. The van der Waals surface area contributed by atoms with Crippen molar-refractivity contribution in [2.45, 2.75) is 32.5 Å². The summed E-state index contributed by atoms with van der Waals surface area (Å²) >= 11 is 0. The second-order valence-corrected chi connectivity index (χ2v) is 5.57. The Kier molecular flexibility index (Phi) is 4.15. The van der Waals surface area contributed by atoms with Crippen LogP contribution in [0.4, 0.5) is 5.69 Å². The summed E-state index contributed by atoms with van der Waals surface area (Å²) in [5, 5.41) is 6.46. The Labute approximate surface area is 129 Å². The summed E-state index contributed by atoms with van der Waals surface area (Å²) < 4.78 is 11.0. The highest BCUT2D eigenvalue weighted by Gasteiger charge is 2.20. The van der Waals surface area contributed by atoms with Crippen LogP contribution < -0.4 is 15.4 Å². The monoisotopic (exact) mass is 300 g/mol. The largest absolute Gasteiger partial charge is 0.487 e. The number of hydrogen-bond acceptors (Lipinski definition) is 5. The van der Waals surface area contributed by atoms with Crippen molar-refractivity contribution in [1.82, 2.24) is 5.32 Å². The smallest absolute Gasteiger partial charge is 0.179 e. The highest BCUT2D eigenvalue weighted by molar-refractivity contribution is 6.01. The molecule has 2 N–H and O–H groups in total. The highest BCUT2D eigenvalue weighted by Crippen LogP contribution is 2.30. The Morgan fingerprint density at radius 1 is 1.45 bits per heavy atom. The number of fused-ring (bicyclic) bond motifs is 1. The second kappa shape index (κ2) is 6.23. The summed E-state index contributed by atoms with van der Waals surface area (Å²) in [6.07, 6.45) is 1.77. The van der Waals surface area contributed by atoms with Gasteiger partial charge in [-0.25, -0.2) is 0 Å². The lowest BCUT2D eigenvalue weighted by Crippen LogP contribution is -2.33. The molecule has 1 aliphatic heterocycles. The van der Waals surface area contributed by atoms with Crippen LogP contribution in [0.2, 0.25) is 0 Å². The van der Waals surface area contributed by atoms with Crippen molar-refractivity contribution in [1.29, 1.82) is 0 Å². The maximum atomic E-state index is 12.5. The number of carbonyl (C=O) groups is 1. The maximum absolute atomic E-state index is 12.5. The first kappa shape index (κ1) is 14.7. The molecular formula is C17H20N2O3. The number of furan rings is 1. The van der Waals surface area contributed by atoms with Crippen molar-refractivity contribution in [3.8, 4) is 5.75 Å². The number of benzene rings is 1. The molecule has 3 rings (SSSR count). The van der Waals surface area contributed by atoms with Crippen LogP contribution in [0.25, 0.3) is 0 Å². The molecule has 1 aromatic carbocycles. The number of Topliss-reactive ketones (excluding diaryl/α,β-unsaturated/α-hetero) is 1. The summed E-state index contributed by atoms with van der Waals surface area (Å²) in [7, 11) is 0. The van der Waals surface area contributed by atoms with Crippen LogP contribution in [0.3, 0.4) is 0 Å². The molecule has 5 nitrogen and oxygen atoms in total. The minimum Gasteiger partial charge on any atom is -0.487 e. The van der Waals surface area contributed by atoms with Gasteiger partial charge in [0.05, 0.1) is 31.1 Å². The lowest BCUT2D eigenvalue weighted by molar-refractivity contribution is 0.0949. The molecule has 2 atom stereocenters. The number of carbonyl (C=O) groups excluding carboxylic acids is 1. The summed E-state index contributed by atoms with van der Waals surface area (Å²) in [6.45, 7) is 5.15. The fourth-order valence-electron chi connectivity index (χ4n) is 2.45. The number of hydrogen-bond donors (Lipinski definition) is 2. The molecule has 2 heterocycles. The molecule has 1 aliphatic rings. The molecule has 116 valence electrons. The van der Waals surface area contributed by atoms with Crippen LogP contribution in [-0.4, -0.2) is 24.5 Å². The highest BCUT2D eigenvalue weighted by atomic mass is 16.5. The third kappa shape index (κ3) is 3.14. The van der Waals surface area contributed by atoms with E-state index in [0.29, 0.717) is 12.1 Å². The van der Waals surface area contributed by atoms with Gasteiger partial charge in [0, 0.05) is 5.56 Å². The Hall–Kier alpha value is -2.27. The molecule has 0 bridgehead atoms. The lowest BCUT2D eigenvalue weighted by atomic mass is 10.0. The van der Waals surface area contributed by atoms with E-state index >= 15 is 0 Å². The van der Waals surface area contributed by atoms with Crippen molar-refractivity contribution in [3.05, 3.63) is 47.9 Å². The van der Waals surface area contributed by atoms with Gasteiger partial charge in [0.2, 0.25) is 0 Å². The van der Waals surface area contributed by atoms with E-state index in [2.05, 4.69) is 10.6 Å². The Bertz CT molecular complexity index is 652. The summed E-state index contributed by atoms with van der Waals surface area (Å²) in [5.41, 5.74) is 1.55. The van der Waals surface area contributed by atoms with Gasteiger partial charge < -0.3 is 19.8 Å². The zero-order chi connectivity index (χ0) is 15.5. The van der Waals surface area contributed by atoms with E-state index in [-0.39, 0.29) is 17.9 Å². The van der Waals surface area contributed by atoms with Gasteiger partial charge in [-0.3, -0.25) is 4.79 Å². The van der Waals surface area contributed by atoms with E-state index in [1.807, 2.05) is 44.2 Å². The van der Waals surface area contributed by atoms with Crippen molar-refractivity contribution in [2.24, 2.45) is 0 Å². The first-order valence-electron chi connectivity index (χ1n) is 7.48. The van der Waals surface area contributed by atoms with E-state index < -0.39 is 0 Å². The molecular weight excluding hydrogens is 280 g/mol. The average molecular weight is 300 g/mol. The number of anilines is 1. The molecule has 1 aromatic heterocycles. The average Bonchev–Trinajstić information content (AvgIpc) is 3.04. The van der Waals surface area contributed by atoms with Crippen molar-refractivity contribution in [3.63, 3.8) is 0 Å². The van der Waals surface area contributed by atoms with E-state index in [9.17, 15) is 4.79 Å². The van der Waals surface area contributed by atoms with Crippen molar-refractivity contribution >= 4 is 11.5 Å². The molecule has 22 heavy (non-hydrogen) atoms. The minimum atomic E-state index is -0.286. The predicted octanol–water partition coefficient (Wildman–Crippen LogP) is 2.83. The molecule has 2 unspecified atom stereocenters. The molecule has 0 aliphatic carbocycles. The molecule has 5 heteroatoms. The number of ether oxygens (including phenoxy) is 1. The van der Waals surface area contributed by atoms with Crippen LogP contribution in [0.5, 0.6) is 5.75 Å². The normalized spacial score (nSPS) is 18.0. The molecule has 0 fully saturated rings. The fourth-order valence-corrected chi connectivity index (χ4v) is 2.45. The zero-order valence-corrected chi connectivity index (χ0v) is 12.8. The molecule has 0 spiro atoms. The van der Waals surface area contributed by atoms with Crippen LogP contribution >= 0.6 is 0 Å². The summed E-state index contributed by atoms with van der Waals surface area (Å²) in [4.78, 5) is 12.5. The van der Waals surface area contributed by atoms with E-state index in [4.69, 9.17) is 9.15 Å². The van der Waals surface area contributed by atoms with Gasteiger partial charge in [-0.1, -0.05) is 0 Å². The first-order valence-corrected chi connectivity index (χ1v) is 7.48. The van der Waals surface area contributed by atoms with Crippen molar-refractivity contribution < 1.29 is 13.9 Å². The van der Waals surface area contributed by atoms with Gasteiger partial charge in [-0.15, -0.1) is 0 Å². The standard InChI is InChI=1S/C17H20N2O3/c1-11-9-19-15-8-13(5-6-16(15)22-11)17(20)12(2)18-10-14-4-3-7-21-14/h3-8,11-12,18-19H,9-10H2,1-2H3. The number of ketones is 1. The SMILES string of the molecule is CC1CNc2cc(C(=O)C(C)NCc3ccco3)ccc2O1. The minimum absolute atomic E-state index is 0.0507. The van der Waals surface area contributed by atoms with Gasteiger partial charge in [0.1, 0.15) is 17.6 Å². The molecule has 0 radical (unpaired) electrons. The second-order valence-electron chi connectivity index (χ2n) is 5.57. The zero-order valence-electron chi connectivity index (χ0n) is 12.8. The molecule has 0 amide bonds. The van der Waals surface area contributed by atoms with E-state index in [1.54, 1.807) is 6.26 Å². The maximum Gasteiger partial charge on any atom is 0.179 e.